The second-order valence-corrected chi connectivity index (χ2v) is 8.46. The fraction of sp³-hybridized carbons (Fsp3) is 0.0714. The van der Waals surface area contributed by atoms with Crippen LogP contribution in [0.25, 0.3) is 22.1 Å². The minimum Gasteiger partial charge on any atom is -0.431 e. The average molecular weight is 347 g/mol. The fourth-order valence-corrected chi connectivity index (χ4v) is 5.15. The van der Waals surface area contributed by atoms with E-state index in [2.05, 4.69) is 15.3 Å². The monoisotopic (exact) mass is 347 g/mol. The molecule has 0 N–H and O–H groups in total. The van der Waals surface area contributed by atoms with Gasteiger partial charge in [0, 0.05) is 16.5 Å². The van der Waals surface area contributed by atoms with E-state index >= 15 is 0 Å². The predicted molar refractivity (Wildman–Crippen MR) is 90.6 cm³/mol. The molecule has 2 heterocycles. The van der Waals surface area contributed by atoms with Crippen molar-refractivity contribution >= 4 is 53.5 Å². The van der Waals surface area contributed by atoms with Gasteiger partial charge in [-0.05, 0) is 50.0 Å². The highest BCUT2D eigenvalue weighted by atomic mass is 33.5. The number of benzene rings is 2. The van der Waals surface area contributed by atoms with Gasteiger partial charge in [0.15, 0.2) is 5.58 Å². The lowest BCUT2D eigenvalue weighted by molar-refractivity contribution is 0.315. The molecular weight excluding hydrogens is 338 g/mol. The van der Waals surface area contributed by atoms with Crippen LogP contribution in [-0.4, -0.2) is 15.3 Å². The molecule has 0 spiro atoms. The molecule has 0 atom stereocenters. The lowest BCUT2D eigenvalue weighted by Gasteiger charge is -1.98. The summed E-state index contributed by atoms with van der Waals surface area (Å²) in [5.74, 6) is 0.862. The summed E-state index contributed by atoms with van der Waals surface area (Å²) < 4.78 is 10.3. The van der Waals surface area contributed by atoms with Crippen LogP contribution in [0, 0.1) is 0 Å². The molecule has 0 unspecified atom stereocenters. The third-order valence-electron chi connectivity index (χ3n) is 2.97. The van der Waals surface area contributed by atoms with E-state index in [4.69, 9.17) is 9.05 Å². The zero-order valence-electron chi connectivity index (χ0n) is 11.1. The van der Waals surface area contributed by atoms with E-state index in [1.807, 2.05) is 42.5 Å². The van der Waals surface area contributed by atoms with E-state index < -0.39 is 0 Å². The lowest BCUT2D eigenvalue weighted by atomic mass is 10.2. The SMILES string of the molecule is c1ccc2oc(SSSCc3ccc4nonc4c3)nc2c1. The third-order valence-corrected chi connectivity index (χ3v) is 6.66. The highest BCUT2D eigenvalue weighted by Gasteiger charge is 2.07. The Balaban J connectivity index is 1.34. The molecule has 0 aliphatic carbocycles. The van der Waals surface area contributed by atoms with Crippen LogP contribution in [0.2, 0.25) is 0 Å². The van der Waals surface area contributed by atoms with Crippen LogP contribution < -0.4 is 0 Å². The topological polar surface area (TPSA) is 65.0 Å². The molecular formula is C14H9N3O2S3. The first-order valence-corrected chi connectivity index (χ1v) is 10.1. The van der Waals surface area contributed by atoms with Gasteiger partial charge in [-0.2, -0.15) is 0 Å². The molecule has 0 bridgehead atoms. The Morgan fingerprint density at radius 2 is 1.86 bits per heavy atom. The molecule has 2 aromatic heterocycles. The highest BCUT2D eigenvalue weighted by Crippen LogP contribution is 2.42. The summed E-state index contributed by atoms with van der Waals surface area (Å²) in [5, 5.41) is 8.32. The van der Waals surface area contributed by atoms with Crippen molar-refractivity contribution in [2.45, 2.75) is 11.0 Å². The lowest BCUT2D eigenvalue weighted by Crippen LogP contribution is -1.78. The number of rotatable bonds is 5. The summed E-state index contributed by atoms with van der Waals surface area (Å²) in [6.07, 6.45) is 0. The van der Waals surface area contributed by atoms with Crippen molar-refractivity contribution in [2.75, 3.05) is 0 Å². The van der Waals surface area contributed by atoms with E-state index in [-0.39, 0.29) is 0 Å². The standard InChI is InChI=1S/C14H9N3O2S3/c1-2-4-13-11(3-1)15-14(18-13)21-22-20-8-9-5-6-10-12(7-9)17-19-16-10/h1-7H,8H2. The number of hydrogen-bond acceptors (Lipinski definition) is 8. The first kappa shape index (κ1) is 14.0. The molecule has 5 nitrogen and oxygen atoms in total. The van der Waals surface area contributed by atoms with Crippen LogP contribution >= 0.6 is 31.4 Å². The third kappa shape index (κ3) is 2.94. The summed E-state index contributed by atoms with van der Waals surface area (Å²) in [6.45, 7) is 0. The molecule has 0 amide bonds. The molecule has 0 fully saturated rings. The molecule has 22 heavy (non-hydrogen) atoms. The summed E-state index contributed by atoms with van der Waals surface area (Å²) in [6, 6.07) is 13.7. The number of para-hydroxylation sites is 2. The summed E-state index contributed by atoms with van der Waals surface area (Å²) in [5.41, 5.74) is 4.45. The van der Waals surface area contributed by atoms with Crippen LogP contribution in [0.4, 0.5) is 0 Å². The zero-order chi connectivity index (χ0) is 14.8. The van der Waals surface area contributed by atoms with Gasteiger partial charge < -0.3 is 4.42 Å². The van der Waals surface area contributed by atoms with Crippen molar-refractivity contribution in [2.24, 2.45) is 0 Å². The molecule has 0 aliphatic rings. The first-order valence-electron chi connectivity index (χ1n) is 6.41. The number of fused-ring (bicyclic) bond motifs is 2. The molecule has 4 rings (SSSR count). The molecule has 0 aliphatic heterocycles. The van der Waals surface area contributed by atoms with E-state index in [0.717, 1.165) is 27.9 Å². The van der Waals surface area contributed by atoms with Gasteiger partial charge in [0.05, 0.1) is 0 Å². The minimum absolute atomic E-state index is 0.676. The van der Waals surface area contributed by atoms with Crippen molar-refractivity contribution in [3.05, 3.63) is 48.0 Å². The average Bonchev–Trinajstić information content (AvgIpc) is 3.17. The van der Waals surface area contributed by atoms with Gasteiger partial charge in [-0.3, -0.25) is 0 Å². The zero-order valence-corrected chi connectivity index (χ0v) is 13.6. The van der Waals surface area contributed by atoms with E-state index in [1.54, 1.807) is 20.6 Å². The quantitative estimate of drug-likeness (QED) is 0.371. The Kier molecular flexibility index (Phi) is 3.96. The Bertz CT molecular complexity index is 885. The van der Waals surface area contributed by atoms with Gasteiger partial charge in [-0.15, -0.1) is 0 Å². The first-order chi connectivity index (χ1) is 10.9. The largest absolute Gasteiger partial charge is 0.431 e. The Labute approximate surface area is 137 Å². The van der Waals surface area contributed by atoms with Crippen molar-refractivity contribution in [3.8, 4) is 0 Å². The normalized spacial score (nSPS) is 11.5. The van der Waals surface area contributed by atoms with Crippen molar-refractivity contribution in [1.82, 2.24) is 15.3 Å². The molecule has 0 saturated heterocycles. The van der Waals surface area contributed by atoms with Gasteiger partial charge in [0.25, 0.3) is 5.22 Å². The summed E-state index contributed by atoms with van der Waals surface area (Å²) in [7, 11) is 4.89. The predicted octanol–water partition coefficient (Wildman–Crippen LogP) is 4.95. The molecule has 2 aromatic carbocycles. The molecule has 110 valence electrons. The van der Waals surface area contributed by atoms with Crippen LogP contribution in [0.3, 0.4) is 0 Å². The maximum absolute atomic E-state index is 5.65. The van der Waals surface area contributed by atoms with Crippen molar-refractivity contribution in [3.63, 3.8) is 0 Å². The van der Waals surface area contributed by atoms with E-state index in [0.29, 0.717) is 5.22 Å². The van der Waals surface area contributed by atoms with Gasteiger partial charge in [-0.1, -0.05) is 29.0 Å². The highest BCUT2D eigenvalue weighted by molar-refractivity contribution is 9.09. The van der Waals surface area contributed by atoms with Crippen LogP contribution in [0.5, 0.6) is 0 Å². The number of nitrogens with zero attached hydrogens (tertiary/aromatic N) is 3. The second-order valence-electron chi connectivity index (χ2n) is 4.45. The van der Waals surface area contributed by atoms with E-state index in [1.165, 1.54) is 16.4 Å². The maximum Gasteiger partial charge on any atom is 0.268 e. The molecule has 0 saturated carbocycles. The van der Waals surface area contributed by atoms with Gasteiger partial charge in [0.2, 0.25) is 0 Å². The number of hydrogen-bond donors (Lipinski definition) is 0. The van der Waals surface area contributed by atoms with Crippen LogP contribution in [-0.2, 0) is 5.75 Å². The number of oxazole rings is 1. The molecule has 8 heteroatoms. The Morgan fingerprint density at radius 1 is 0.955 bits per heavy atom. The van der Waals surface area contributed by atoms with Gasteiger partial charge in [-0.25, -0.2) is 9.61 Å². The fourth-order valence-electron chi connectivity index (χ4n) is 1.95. The Hall–Kier alpha value is -1.64. The minimum atomic E-state index is 0.676. The summed E-state index contributed by atoms with van der Waals surface area (Å²) >= 11 is 0. The van der Waals surface area contributed by atoms with Crippen LogP contribution in [0.15, 0.2) is 56.7 Å². The Morgan fingerprint density at radius 3 is 2.82 bits per heavy atom. The summed E-state index contributed by atoms with van der Waals surface area (Å²) in [4.78, 5) is 4.42. The van der Waals surface area contributed by atoms with Crippen molar-refractivity contribution in [1.29, 1.82) is 0 Å². The van der Waals surface area contributed by atoms with E-state index in [9.17, 15) is 0 Å². The second kappa shape index (κ2) is 6.23. The smallest absolute Gasteiger partial charge is 0.268 e. The van der Waals surface area contributed by atoms with Crippen LogP contribution in [0.1, 0.15) is 5.56 Å². The molecule has 0 radical (unpaired) electrons. The van der Waals surface area contributed by atoms with Gasteiger partial charge >= 0.3 is 0 Å². The van der Waals surface area contributed by atoms with Gasteiger partial charge in [0.1, 0.15) is 16.6 Å². The maximum atomic E-state index is 5.65. The number of aromatic nitrogens is 3. The molecule has 4 aromatic rings. The van der Waals surface area contributed by atoms with Crippen molar-refractivity contribution < 1.29 is 9.05 Å².